The molecule has 15 N–H and O–H groups in total. The maximum atomic E-state index is 10.2. The smallest absolute Gasteiger partial charge is 0.320 e. The van der Waals surface area contributed by atoms with Crippen molar-refractivity contribution < 1.29 is 54.6 Å². The summed E-state index contributed by atoms with van der Waals surface area (Å²) in [6, 6.07) is -1.97. The number of aliphatic hydroxyl groups is 1. The van der Waals surface area contributed by atoms with Crippen LogP contribution in [0.5, 0.6) is 0 Å². The van der Waals surface area contributed by atoms with Gasteiger partial charge >= 0.3 is 29.8 Å². The molecule has 0 bridgehead atoms. The van der Waals surface area contributed by atoms with Crippen LogP contribution in [0.4, 0.5) is 0 Å². The minimum atomic E-state index is -0.968. The summed E-state index contributed by atoms with van der Waals surface area (Å²) in [5, 5.41) is 51.5. The highest BCUT2D eigenvalue weighted by atomic mass is 16.4. The van der Waals surface area contributed by atoms with Crippen molar-refractivity contribution in [3.63, 3.8) is 0 Å². The van der Waals surface area contributed by atoms with Crippen LogP contribution in [0.3, 0.4) is 0 Å². The molecule has 1 saturated heterocycles. The molecule has 0 radical (unpaired) electrons. The molecule has 1 heterocycles. The highest BCUT2D eigenvalue weighted by Gasteiger charge is 2.27. The van der Waals surface area contributed by atoms with Crippen LogP contribution in [0.2, 0.25) is 0 Å². The molecule has 0 aromatic heterocycles. The van der Waals surface area contributed by atoms with E-state index in [2.05, 4.69) is 16.8 Å². The molecule has 1 aliphatic rings. The summed E-state index contributed by atoms with van der Waals surface area (Å²) in [6.45, 7) is 6.95. The van der Waals surface area contributed by atoms with E-state index in [1.165, 1.54) is 0 Å². The number of hydrogen-bond donors (Lipinski definition) is 11. The van der Waals surface area contributed by atoms with E-state index in [1.54, 1.807) is 27.7 Å². The average Bonchev–Trinajstić information content (AvgIpc) is 3.20. The van der Waals surface area contributed by atoms with Gasteiger partial charge in [0, 0.05) is 13.0 Å². The number of carbonyl (C=O) groups is 5. The van der Waals surface area contributed by atoms with Crippen molar-refractivity contribution in [1.29, 1.82) is 0 Å². The van der Waals surface area contributed by atoms with Crippen LogP contribution < -0.4 is 28.3 Å². The number of β-amino-alcohol motifs (C(OH)–C–C–N with tert-alkyl or cyclic N) is 1. The average molecular weight is 516 g/mol. The van der Waals surface area contributed by atoms with Crippen molar-refractivity contribution in [3.8, 4) is 0 Å². The number of carboxylic acid groups (broad SMARTS) is 5. The van der Waals surface area contributed by atoms with Gasteiger partial charge in [-0.2, -0.15) is 0 Å². The van der Waals surface area contributed by atoms with Crippen molar-refractivity contribution in [2.45, 2.75) is 58.3 Å². The Labute approximate surface area is 203 Å². The van der Waals surface area contributed by atoms with E-state index in [-0.39, 0.29) is 24.9 Å². The normalized spacial score (nSPS) is 17.5. The number of aliphatic carboxylic acids is 5. The summed E-state index contributed by atoms with van der Waals surface area (Å²) < 4.78 is 0. The van der Waals surface area contributed by atoms with E-state index in [4.69, 9.17) is 42.1 Å². The topological polar surface area (TPSA) is 323 Å². The second-order valence-electron chi connectivity index (χ2n) is 7.60. The van der Waals surface area contributed by atoms with Crippen LogP contribution in [-0.2, 0) is 24.0 Å². The quantitative estimate of drug-likeness (QED) is 0.160. The van der Waals surface area contributed by atoms with Crippen LogP contribution >= 0.6 is 0 Å². The molecule has 1 fully saturated rings. The van der Waals surface area contributed by atoms with Gasteiger partial charge in [-0.05, 0) is 11.8 Å². The molecular formula is C19H41N5O11. The van der Waals surface area contributed by atoms with E-state index >= 15 is 0 Å². The number of nitrogens with two attached hydrogens (primary N) is 4. The fourth-order valence-electron chi connectivity index (χ4n) is 1.48. The van der Waals surface area contributed by atoms with Gasteiger partial charge < -0.3 is 58.9 Å². The van der Waals surface area contributed by atoms with Gasteiger partial charge in [0.2, 0.25) is 0 Å². The minimum Gasteiger partial charge on any atom is -0.480 e. The Balaban J connectivity index is -0.000000175. The maximum absolute atomic E-state index is 10.2. The molecule has 0 unspecified atom stereocenters. The van der Waals surface area contributed by atoms with E-state index in [9.17, 15) is 24.0 Å². The summed E-state index contributed by atoms with van der Waals surface area (Å²) in [7, 11) is 0. The predicted octanol–water partition coefficient (Wildman–Crippen LogP) is -3.04. The van der Waals surface area contributed by atoms with Crippen LogP contribution in [0.25, 0.3) is 0 Å². The first-order chi connectivity index (χ1) is 15.8. The lowest BCUT2D eigenvalue weighted by atomic mass is 10.1. The van der Waals surface area contributed by atoms with Crippen molar-refractivity contribution in [2.75, 3.05) is 19.6 Å². The fraction of sp³-hybridized carbons (Fsp3) is 0.737. The number of nitrogens with one attached hydrogen (secondary N) is 1. The molecule has 4 atom stereocenters. The van der Waals surface area contributed by atoms with Crippen molar-refractivity contribution in [2.24, 2.45) is 34.8 Å². The first kappa shape index (κ1) is 39.3. The predicted molar refractivity (Wildman–Crippen MR) is 124 cm³/mol. The van der Waals surface area contributed by atoms with E-state index < -0.39 is 54.1 Å². The molecule has 35 heavy (non-hydrogen) atoms. The summed E-state index contributed by atoms with van der Waals surface area (Å²) in [4.78, 5) is 48.7. The highest BCUT2D eigenvalue weighted by Crippen LogP contribution is 2.05. The zero-order valence-electron chi connectivity index (χ0n) is 20.3. The second kappa shape index (κ2) is 22.9. The van der Waals surface area contributed by atoms with Crippen molar-refractivity contribution in [3.05, 3.63) is 0 Å². The van der Waals surface area contributed by atoms with Crippen LogP contribution in [0.1, 0.15) is 34.1 Å². The lowest BCUT2D eigenvalue weighted by Gasteiger charge is -2.07. The Kier molecular flexibility index (Phi) is 25.7. The number of hydrogen-bond acceptors (Lipinski definition) is 11. The lowest BCUT2D eigenvalue weighted by Crippen LogP contribution is -2.34. The van der Waals surface area contributed by atoms with Gasteiger partial charge in [0.05, 0.1) is 19.2 Å². The fourth-order valence-corrected chi connectivity index (χ4v) is 1.48. The zero-order chi connectivity index (χ0) is 28.9. The lowest BCUT2D eigenvalue weighted by molar-refractivity contribution is -0.140. The number of carboxylic acids is 5. The summed E-state index contributed by atoms with van der Waals surface area (Å²) in [5.41, 5.74) is 19.5. The van der Waals surface area contributed by atoms with E-state index in [1.807, 2.05) is 0 Å². The van der Waals surface area contributed by atoms with Gasteiger partial charge in [-0.3, -0.25) is 24.0 Å². The third-order valence-electron chi connectivity index (χ3n) is 3.76. The summed E-state index contributed by atoms with van der Waals surface area (Å²) >= 11 is 0. The molecular weight excluding hydrogens is 474 g/mol. The SMILES string of the molecule is CC(C)[C@H](N)C(=O)O.CC(C)[C@H](N)C(=O)O.NCC(=O)O.NCC(=O)O.O=C(O)[C@@H]1C[C@@H](O)CN1. The number of aliphatic hydroxyl groups excluding tert-OH is 1. The summed E-state index contributed by atoms with van der Waals surface area (Å²) in [6.07, 6.45) is -0.152. The molecule has 0 aromatic rings. The molecule has 0 amide bonds. The third kappa shape index (κ3) is 29.1. The Bertz CT molecular complexity index is 594. The molecule has 1 rings (SSSR count). The molecule has 0 spiro atoms. The third-order valence-corrected chi connectivity index (χ3v) is 3.76. The molecule has 0 aliphatic carbocycles. The van der Waals surface area contributed by atoms with Crippen molar-refractivity contribution in [1.82, 2.24) is 5.32 Å². The standard InChI is InChI=1S/C5H9NO3.2C5H11NO2.2C2H5NO2/c7-3-1-4(5(8)9)6-2-3;2*1-3(2)4(6)5(7)8;2*3-1-2(4)5/h3-4,6-7H,1-2H2,(H,8,9);2*3-4H,6H2,1-2H3,(H,7,8);2*1,3H2,(H,4,5)/t3-,4+;2*4-;;/m100../s1. The molecule has 16 nitrogen and oxygen atoms in total. The molecule has 0 aromatic carbocycles. The largest absolute Gasteiger partial charge is 0.480 e. The van der Waals surface area contributed by atoms with Crippen LogP contribution in [-0.4, -0.2) is 104 Å². The molecule has 0 saturated carbocycles. The zero-order valence-corrected chi connectivity index (χ0v) is 20.3. The summed E-state index contributed by atoms with van der Waals surface area (Å²) in [5.74, 6) is -4.64. The van der Waals surface area contributed by atoms with Gasteiger partial charge in [-0.1, -0.05) is 27.7 Å². The molecule has 1 aliphatic heterocycles. The van der Waals surface area contributed by atoms with Gasteiger partial charge in [-0.15, -0.1) is 0 Å². The highest BCUT2D eigenvalue weighted by molar-refractivity contribution is 5.74. The maximum Gasteiger partial charge on any atom is 0.320 e. The Morgan fingerprint density at radius 3 is 1.11 bits per heavy atom. The van der Waals surface area contributed by atoms with Gasteiger partial charge in [0.25, 0.3) is 0 Å². The van der Waals surface area contributed by atoms with Crippen LogP contribution in [0, 0.1) is 11.8 Å². The minimum absolute atomic E-state index is 0.0208. The van der Waals surface area contributed by atoms with Crippen molar-refractivity contribution >= 4 is 29.8 Å². The number of rotatable bonds is 7. The first-order valence-electron chi connectivity index (χ1n) is 10.3. The molecule has 16 heteroatoms. The van der Waals surface area contributed by atoms with Crippen LogP contribution in [0.15, 0.2) is 0 Å². The Hall–Kier alpha value is -2.89. The Morgan fingerprint density at radius 1 is 0.771 bits per heavy atom. The Morgan fingerprint density at radius 2 is 1.06 bits per heavy atom. The van der Waals surface area contributed by atoms with E-state index in [0.29, 0.717) is 13.0 Å². The molecule has 208 valence electrons. The van der Waals surface area contributed by atoms with Gasteiger partial charge in [0.15, 0.2) is 0 Å². The van der Waals surface area contributed by atoms with Gasteiger partial charge in [0.1, 0.15) is 18.1 Å². The second-order valence-corrected chi connectivity index (χ2v) is 7.60. The van der Waals surface area contributed by atoms with Gasteiger partial charge in [-0.25, -0.2) is 0 Å². The monoisotopic (exact) mass is 515 g/mol. The van der Waals surface area contributed by atoms with E-state index in [0.717, 1.165) is 0 Å². The first-order valence-corrected chi connectivity index (χ1v) is 10.3.